The zero-order valence-corrected chi connectivity index (χ0v) is 14.0. The molecular formula is C18H25N5. The van der Waals surface area contributed by atoms with Crippen LogP contribution in [0.3, 0.4) is 0 Å². The second-order valence-corrected chi connectivity index (χ2v) is 6.33. The Morgan fingerprint density at radius 2 is 2.04 bits per heavy atom. The van der Waals surface area contributed by atoms with Crippen molar-refractivity contribution in [2.45, 2.75) is 39.2 Å². The van der Waals surface area contributed by atoms with Crippen LogP contribution in [0.4, 0.5) is 5.95 Å². The molecule has 1 aliphatic heterocycles. The number of hydrogen-bond acceptors (Lipinski definition) is 5. The highest BCUT2D eigenvalue weighted by atomic mass is 15.2. The number of piperidine rings is 1. The summed E-state index contributed by atoms with van der Waals surface area (Å²) in [4.78, 5) is 15.9. The van der Waals surface area contributed by atoms with Crippen molar-refractivity contribution in [1.29, 1.82) is 0 Å². The number of pyridine rings is 1. The van der Waals surface area contributed by atoms with E-state index in [9.17, 15) is 0 Å². The molecule has 1 aliphatic rings. The normalized spacial score (nSPS) is 18.8. The minimum absolute atomic E-state index is 0.427. The average Bonchev–Trinajstić information content (AvgIpc) is 2.53. The van der Waals surface area contributed by atoms with Crippen molar-refractivity contribution in [3.8, 4) is 0 Å². The summed E-state index contributed by atoms with van der Waals surface area (Å²) in [6.45, 7) is 7.31. The third-order valence-electron chi connectivity index (χ3n) is 4.26. The number of nitrogens with one attached hydrogen (secondary N) is 1. The fraction of sp³-hybridized carbons (Fsp3) is 0.500. The molecule has 2 aromatic rings. The first kappa shape index (κ1) is 15.9. The Labute approximate surface area is 138 Å². The molecule has 0 spiro atoms. The Morgan fingerprint density at radius 1 is 1.17 bits per heavy atom. The van der Waals surface area contributed by atoms with E-state index in [0.717, 1.165) is 36.8 Å². The van der Waals surface area contributed by atoms with Crippen LogP contribution in [-0.4, -0.2) is 45.5 Å². The van der Waals surface area contributed by atoms with Crippen molar-refractivity contribution in [1.82, 2.24) is 19.9 Å². The highest BCUT2D eigenvalue weighted by Crippen LogP contribution is 2.14. The number of nitrogens with zero attached hydrogens (tertiary/aromatic N) is 4. The van der Waals surface area contributed by atoms with Crippen LogP contribution in [0.2, 0.25) is 0 Å². The summed E-state index contributed by atoms with van der Waals surface area (Å²) in [5.41, 5.74) is 3.28. The van der Waals surface area contributed by atoms with E-state index in [1.807, 2.05) is 32.2 Å². The topological polar surface area (TPSA) is 53.9 Å². The molecule has 2 aromatic heterocycles. The zero-order chi connectivity index (χ0) is 16.1. The van der Waals surface area contributed by atoms with Crippen LogP contribution in [0.1, 0.15) is 29.9 Å². The smallest absolute Gasteiger partial charge is 0.223 e. The molecule has 0 aromatic carbocycles. The number of aryl methyl sites for hydroxylation is 2. The lowest BCUT2D eigenvalue weighted by atomic mass is 10.1. The molecule has 1 atom stereocenters. The summed E-state index contributed by atoms with van der Waals surface area (Å²) in [6, 6.07) is 8.61. The molecule has 0 radical (unpaired) electrons. The summed E-state index contributed by atoms with van der Waals surface area (Å²) in [5.74, 6) is 0.747. The van der Waals surface area contributed by atoms with Crippen molar-refractivity contribution < 1.29 is 0 Å². The van der Waals surface area contributed by atoms with Crippen molar-refractivity contribution in [2.24, 2.45) is 0 Å². The van der Waals surface area contributed by atoms with E-state index in [2.05, 4.69) is 37.3 Å². The van der Waals surface area contributed by atoms with Gasteiger partial charge in [0.2, 0.25) is 5.95 Å². The lowest BCUT2D eigenvalue weighted by Crippen LogP contribution is -2.43. The molecule has 5 heteroatoms. The van der Waals surface area contributed by atoms with E-state index < -0.39 is 0 Å². The third kappa shape index (κ3) is 4.73. The monoisotopic (exact) mass is 311 g/mol. The number of hydrogen-bond donors (Lipinski definition) is 1. The molecular weight excluding hydrogens is 286 g/mol. The van der Waals surface area contributed by atoms with Gasteiger partial charge in [0.15, 0.2) is 0 Å². The van der Waals surface area contributed by atoms with E-state index >= 15 is 0 Å². The predicted molar refractivity (Wildman–Crippen MR) is 92.5 cm³/mol. The quantitative estimate of drug-likeness (QED) is 0.920. The summed E-state index contributed by atoms with van der Waals surface area (Å²) in [5, 5.41) is 3.48. The van der Waals surface area contributed by atoms with Gasteiger partial charge in [0.25, 0.3) is 0 Å². The van der Waals surface area contributed by atoms with Gasteiger partial charge in [-0.25, -0.2) is 9.97 Å². The third-order valence-corrected chi connectivity index (χ3v) is 4.26. The standard InChI is InChI=1S/C18H25N5/c1-14-5-3-6-16(20-14)9-12-23-11-4-7-17(13-23)22-18-19-10-8-15(2)21-18/h3,5-6,8,10,17H,4,7,9,11-13H2,1-2H3,(H,19,21,22). The maximum atomic E-state index is 4.59. The summed E-state index contributed by atoms with van der Waals surface area (Å²) >= 11 is 0. The van der Waals surface area contributed by atoms with E-state index in [0.29, 0.717) is 6.04 Å². The molecule has 1 unspecified atom stereocenters. The highest BCUT2D eigenvalue weighted by molar-refractivity contribution is 5.26. The van der Waals surface area contributed by atoms with Crippen LogP contribution in [0.5, 0.6) is 0 Å². The average molecular weight is 311 g/mol. The molecule has 5 nitrogen and oxygen atoms in total. The molecule has 0 bridgehead atoms. The zero-order valence-electron chi connectivity index (χ0n) is 14.0. The Hall–Kier alpha value is -2.01. The second kappa shape index (κ2) is 7.51. The molecule has 0 saturated carbocycles. The lowest BCUT2D eigenvalue weighted by molar-refractivity contribution is 0.218. The van der Waals surface area contributed by atoms with Gasteiger partial charge in [0, 0.05) is 48.8 Å². The first-order valence-corrected chi connectivity index (χ1v) is 8.40. The van der Waals surface area contributed by atoms with Crippen LogP contribution in [0, 0.1) is 13.8 Å². The number of anilines is 1. The van der Waals surface area contributed by atoms with Gasteiger partial charge in [0.05, 0.1) is 0 Å². The van der Waals surface area contributed by atoms with Gasteiger partial charge in [-0.3, -0.25) is 4.98 Å². The molecule has 0 amide bonds. The van der Waals surface area contributed by atoms with Gasteiger partial charge in [-0.05, 0) is 51.4 Å². The van der Waals surface area contributed by atoms with Crippen molar-refractivity contribution in [2.75, 3.05) is 25.0 Å². The largest absolute Gasteiger partial charge is 0.350 e. The first-order valence-electron chi connectivity index (χ1n) is 8.40. The molecule has 23 heavy (non-hydrogen) atoms. The second-order valence-electron chi connectivity index (χ2n) is 6.33. The van der Waals surface area contributed by atoms with Gasteiger partial charge < -0.3 is 10.2 Å². The van der Waals surface area contributed by atoms with Crippen LogP contribution in [0.25, 0.3) is 0 Å². The van der Waals surface area contributed by atoms with Crippen LogP contribution < -0.4 is 5.32 Å². The molecule has 1 fully saturated rings. The molecule has 1 N–H and O–H groups in total. The summed E-state index contributed by atoms with van der Waals surface area (Å²) < 4.78 is 0. The van der Waals surface area contributed by atoms with E-state index in [4.69, 9.17) is 0 Å². The van der Waals surface area contributed by atoms with E-state index in [-0.39, 0.29) is 0 Å². The maximum absolute atomic E-state index is 4.59. The highest BCUT2D eigenvalue weighted by Gasteiger charge is 2.20. The fourth-order valence-electron chi connectivity index (χ4n) is 3.09. The predicted octanol–water partition coefficient (Wildman–Crippen LogP) is 2.61. The molecule has 122 valence electrons. The van der Waals surface area contributed by atoms with Crippen molar-refractivity contribution >= 4 is 5.95 Å². The van der Waals surface area contributed by atoms with Crippen molar-refractivity contribution in [3.05, 3.63) is 47.5 Å². The van der Waals surface area contributed by atoms with Gasteiger partial charge in [-0.15, -0.1) is 0 Å². The Balaban J connectivity index is 1.52. The van der Waals surface area contributed by atoms with Crippen LogP contribution in [0.15, 0.2) is 30.5 Å². The maximum Gasteiger partial charge on any atom is 0.223 e. The Kier molecular flexibility index (Phi) is 5.18. The minimum Gasteiger partial charge on any atom is -0.350 e. The molecule has 3 heterocycles. The van der Waals surface area contributed by atoms with E-state index in [1.165, 1.54) is 25.1 Å². The van der Waals surface area contributed by atoms with E-state index in [1.54, 1.807) is 0 Å². The summed E-state index contributed by atoms with van der Waals surface area (Å²) in [7, 11) is 0. The van der Waals surface area contributed by atoms with Gasteiger partial charge in [-0.1, -0.05) is 6.07 Å². The Morgan fingerprint density at radius 3 is 2.87 bits per heavy atom. The number of aromatic nitrogens is 3. The van der Waals surface area contributed by atoms with Gasteiger partial charge >= 0.3 is 0 Å². The minimum atomic E-state index is 0.427. The lowest BCUT2D eigenvalue weighted by Gasteiger charge is -2.33. The van der Waals surface area contributed by atoms with Crippen LogP contribution >= 0.6 is 0 Å². The van der Waals surface area contributed by atoms with Gasteiger partial charge in [-0.2, -0.15) is 0 Å². The van der Waals surface area contributed by atoms with Crippen molar-refractivity contribution in [3.63, 3.8) is 0 Å². The Bertz CT molecular complexity index is 643. The number of rotatable bonds is 5. The SMILES string of the molecule is Cc1cccc(CCN2CCCC(Nc3nccc(C)n3)C2)n1. The molecule has 1 saturated heterocycles. The molecule has 3 rings (SSSR count). The first-order chi connectivity index (χ1) is 11.2. The number of likely N-dealkylation sites (tertiary alicyclic amines) is 1. The van der Waals surface area contributed by atoms with Gasteiger partial charge in [0.1, 0.15) is 0 Å². The van der Waals surface area contributed by atoms with Crippen LogP contribution in [-0.2, 0) is 6.42 Å². The summed E-state index contributed by atoms with van der Waals surface area (Å²) in [6.07, 6.45) is 5.21. The fourth-order valence-corrected chi connectivity index (χ4v) is 3.09. The molecule has 0 aliphatic carbocycles.